The lowest BCUT2D eigenvalue weighted by molar-refractivity contribution is 0.108. The van der Waals surface area contributed by atoms with E-state index in [9.17, 15) is 13.2 Å². The van der Waals surface area contributed by atoms with Crippen LogP contribution in [0.2, 0.25) is 5.15 Å². The molecule has 1 aliphatic carbocycles. The standard InChI is InChI=1S/C22H23ClF3N5O2/c23-19-16(26)17-13(8-27-19)20(31-4-5-32-10-14-15(25)18(14)31)29-21(28-17)33-11-22-2-1-3-30(22)9-12(6-22)7-24/h7-8,14-15,18H,1-6,9-11H2/b12-7-/t14?,15?,18?,22-/m0/s1. The van der Waals surface area contributed by atoms with E-state index in [1.807, 2.05) is 0 Å². The highest BCUT2D eigenvalue weighted by molar-refractivity contribution is 6.30. The van der Waals surface area contributed by atoms with Crippen molar-refractivity contribution in [1.29, 1.82) is 0 Å². The molecule has 0 spiro atoms. The third-order valence-electron chi connectivity index (χ3n) is 7.37. The molecule has 0 aromatic carbocycles. The van der Waals surface area contributed by atoms with Crippen LogP contribution in [-0.4, -0.2) is 77.1 Å². The summed E-state index contributed by atoms with van der Waals surface area (Å²) in [5, 5.41) is 0.0345. The molecule has 3 aliphatic heterocycles. The number of rotatable bonds is 4. The maximum Gasteiger partial charge on any atom is 0.319 e. The second-order valence-corrected chi connectivity index (χ2v) is 9.66. The lowest BCUT2D eigenvalue weighted by Gasteiger charge is -2.31. The molecule has 2 aromatic rings. The second-order valence-electron chi connectivity index (χ2n) is 9.30. The van der Waals surface area contributed by atoms with E-state index in [2.05, 4.69) is 19.9 Å². The summed E-state index contributed by atoms with van der Waals surface area (Å²) < 4.78 is 54.1. The molecule has 0 N–H and O–H groups in total. The minimum atomic E-state index is -1.04. The third kappa shape index (κ3) is 3.45. The minimum absolute atomic E-state index is 0.0182. The SMILES string of the molecule is F/C=C1\CN2CCC[C@@]2(COc2nc(N3CCOCC4C(F)C43)c3cnc(Cl)c(F)c3n2)C1. The van der Waals surface area contributed by atoms with Crippen LogP contribution in [0.25, 0.3) is 10.9 Å². The zero-order chi connectivity index (χ0) is 22.7. The van der Waals surface area contributed by atoms with Gasteiger partial charge in [-0.15, -0.1) is 0 Å². The van der Waals surface area contributed by atoms with Gasteiger partial charge in [-0.1, -0.05) is 11.6 Å². The Kier molecular flexibility index (Phi) is 5.15. The fraction of sp³-hybridized carbons (Fsp3) is 0.591. The molecule has 176 valence electrons. The van der Waals surface area contributed by atoms with Crippen molar-refractivity contribution in [2.24, 2.45) is 5.92 Å². The van der Waals surface area contributed by atoms with Crippen molar-refractivity contribution in [3.8, 4) is 6.01 Å². The zero-order valence-electron chi connectivity index (χ0n) is 17.8. The summed E-state index contributed by atoms with van der Waals surface area (Å²) in [7, 11) is 0. The summed E-state index contributed by atoms with van der Waals surface area (Å²) in [6, 6.07) is -0.413. The van der Waals surface area contributed by atoms with Gasteiger partial charge in [0.25, 0.3) is 0 Å². The molecule has 3 unspecified atom stereocenters. The molecule has 0 bridgehead atoms. The normalized spacial score (nSPS) is 32.8. The Morgan fingerprint density at radius 1 is 1.33 bits per heavy atom. The molecule has 6 rings (SSSR count). The molecule has 7 nitrogen and oxygen atoms in total. The molecule has 33 heavy (non-hydrogen) atoms. The summed E-state index contributed by atoms with van der Waals surface area (Å²) in [5.41, 5.74) is 0.386. The maximum atomic E-state index is 14.9. The van der Waals surface area contributed by atoms with Gasteiger partial charge in [0.1, 0.15) is 24.1 Å². The average Bonchev–Trinajstić information content (AvgIpc) is 3.17. The van der Waals surface area contributed by atoms with Gasteiger partial charge in [-0.05, 0) is 31.4 Å². The van der Waals surface area contributed by atoms with E-state index in [4.69, 9.17) is 21.1 Å². The van der Waals surface area contributed by atoms with Gasteiger partial charge >= 0.3 is 6.01 Å². The number of pyridine rings is 1. The van der Waals surface area contributed by atoms with E-state index in [-0.39, 0.29) is 34.7 Å². The largest absolute Gasteiger partial charge is 0.461 e. The lowest BCUT2D eigenvalue weighted by atomic mass is 9.94. The summed E-state index contributed by atoms with van der Waals surface area (Å²) in [5.74, 6) is -0.667. The third-order valence-corrected chi connectivity index (χ3v) is 7.63. The monoisotopic (exact) mass is 481 g/mol. The topological polar surface area (TPSA) is 63.6 Å². The average molecular weight is 482 g/mol. The fourth-order valence-corrected chi connectivity index (χ4v) is 5.76. The number of halogens is 4. The summed E-state index contributed by atoms with van der Waals surface area (Å²) in [6.07, 6.45) is 3.48. The Bertz CT molecular complexity index is 1140. The predicted octanol–water partition coefficient (Wildman–Crippen LogP) is 3.46. The number of ether oxygens (including phenoxy) is 2. The summed E-state index contributed by atoms with van der Waals surface area (Å²) in [4.78, 5) is 16.8. The Balaban J connectivity index is 1.37. The quantitative estimate of drug-likeness (QED) is 0.620. The van der Waals surface area contributed by atoms with Crippen molar-refractivity contribution in [3.63, 3.8) is 0 Å². The molecular formula is C22H23ClF3N5O2. The molecule has 3 saturated heterocycles. The molecule has 4 atom stereocenters. The van der Waals surface area contributed by atoms with Crippen LogP contribution in [0.1, 0.15) is 19.3 Å². The molecule has 11 heteroatoms. The van der Waals surface area contributed by atoms with Crippen LogP contribution in [0.3, 0.4) is 0 Å². The molecule has 2 aromatic heterocycles. The first kappa shape index (κ1) is 21.4. The number of nitrogens with zero attached hydrogens (tertiary/aromatic N) is 5. The van der Waals surface area contributed by atoms with Crippen LogP contribution in [0.15, 0.2) is 18.1 Å². The van der Waals surface area contributed by atoms with E-state index in [1.54, 1.807) is 4.90 Å². The minimum Gasteiger partial charge on any atom is -0.461 e. The highest BCUT2D eigenvalue weighted by Crippen LogP contribution is 2.45. The van der Waals surface area contributed by atoms with Crippen molar-refractivity contribution in [1.82, 2.24) is 19.9 Å². The van der Waals surface area contributed by atoms with Crippen molar-refractivity contribution in [3.05, 3.63) is 29.1 Å². The Morgan fingerprint density at radius 3 is 3.06 bits per heavy atom. The van der Waals surface area contributed by atoms with Crippen molar-refractivity contribution < 1.29 is 22.6 Å². The van der Waals surface area contributed by atoms with Crippen molar-refractivity contribution in [2.75, 3.05) is 44.4 Å². The Hall–Kier alpha value is -2.17. The Labute approximate surface area is 193 Å². The number of fused-ring (bicyclic) bond motifs is 3. The first-order valence-corrected chi connectivity index (χ1v) is 11.5. The van der Waals surface area contributed by atoms with E-state index in [0.29, 0.717) is 50.3 Å². The van der Waals surface area contributed by atoms with Gasteiger partial charge in [0.15, 0.2) is 11.0 Å². The van der Waals surface area contributed by atoms with Gasteiger partial charge in [-0.25, -0.2) is 18.2 Å². The molecular weight excluding hydrogens is 459 g/mol. The van der Waals surface area contributed by atoms with Gasteiger partial charge in [-0.3, -0.25) is 4.90 Å². The molecule has 1 saturated carbocycles. The van der Waals surface area contributed by atoms with Crippen LogP contribution in [0.4, 0.5) is 19.0 Å². The molecule has 4 fully saturated rings. The highest BCUT2D eigenvalue weighted by Gasteiger charge is 2.56. The smallest absolute Gasteiger partial charge is 0.319 e. The van der Waals surface area contributed by atoms with Crippen molar-refractivity contribution in [2.45, 2.75) is 37.0 Å². The fourth-order valence-electron chi connectivity index (χ4n) is 5.62. The van der Waals surface area contributed by atoms with Gasteiger partial charge in [0.05, 0.1) is 36.5 Å². The Morgan fingerprint density at radius 2 is 2.21 bits per heavy atom. The van der Waals surface area contributed by atoms with E-state index >= 15 is 0 Å². The lowest BCUT2D eigenvalue weighted by Crippen LogP contribution is -2.43. The second kappa shape index (κ2) is 7.95. The molecule has 0 radical (unpaired) electrons. The van der Waals surface area contributed by atoms with Crippen molar-refractivity contribution >= 4 is 28.3 Å². The number of aromatic nitrogens is 3. The van der Waals surface area contributed by atoms with Gasteiger partial charge in [0.2, 0.25) is 0 Å². The highest BCUT2D eigenvalue weighted by atomic mass is 35.5. The first-order chi connectivity index (χ1) is 16.0. The first-order valence-electron chi connectivity index (χ1n) is 11.2. The van der Waals surface area contributed by atoms with E-state index in [0.717, 1.165) is 25.0 Å². The molecule has 4 aliphatic rings. The molecule has 5 heterocycles. The summed E-state index contributed by atoms with van der Waals surface area (Å²) in [6.45, 7) is 2.84. The van der Waals surface area contributed by atoms with Gasteiger partial charge in [-0.2, -0.15) is 9.97 Å². The number of hydrogen-bond acceptors (Lipinski definition) is 7. The van der Waals surface area contributed by atoms with Crippen LogP contribution in [-0.2, 0) is 4.74 Å². The number of hydrogen-bond donors (Lipinski definition) is 0. The number of anilines is 1. The predicted molar refractivity (Wildman–Crippen MR) is 115 cm³/mol. The molecule has 0 amide bonds. The number of alkyl halides is 1. The van der Waals surface area contributed by atoms with Gasteiger partial charge < -0.3 is 14.4 Å². The van der Waals surface area contributed by atoms with Crippen LogP contribution in [0.5, 0.6) is 6.01 Å². The van der Waals surface area contributed by atoms with Gasteiger partial charge in [0, 0.05) is 25.2 Å². The van der Waals surface area contributed by atoms with E-state index < -0.39 is 18.0 Å². The van der Waals surface area contributed by atoms with E-state index in [1.165, 1.54) is 6.20 Å². The van der Waals surface area contributed by atoms with Crippen LogP contribution < -0.4 is 9.64 Å². The van der Waals surface area contributed by atoms with Crippen LogP contribution in [0, 0.1) is 11.7 Å². The summed E-state index contributed by atoms with van der Waals surface area (Å²) >= 11 is 5.92. The maximum absolute atomic E-state index is 14.9. The zero-order valence-corrected chi connectivity index (χ0v) is 18.6. The van der Waals surface area contributed by atoms with Crippen LogP contribution >= 0.6 is 11.6 Å².